The molecule has 1 heterocycles. The van der Waals surface area contributed by atoms with E-state index in [-0.39, 0.29) is 5.78 Å². The Balaban J connectivity index is 2.14. The number of carbonyl (C=O) groups excluding carboxylic acids is 1. The maximum absolute atomic E-state index is 12.3. The molecule has 0 spiro atoms. The van der Waals surface area contributed by atoms with Crippen LogP contribution >= 0.6 is 0 Å². The number of fused-ring (bicyclic) bond motifs is 1. The molecule has 2 aromatic rings. The highest BCUT2D eigenvalue weighted by molar-refractivity contribution is 5.99. The molecule has 5 heteroatoms. The fourth-order valence-electron chi connectivity index (χ4n) is 4.03. The van der Waals surface area contributed by atoms with Crippen LogP contribution in [0.5, 0.6) is 5.75 Å². The lowest BCUT2D eigenvalue weighted by Crippen LogP contribution is -2.20. The quantitative estimate of drug-likeness (QED) is 0.648. The van der Waals surface area contributed by atoms with Crippen molar-refractivity contribution in [3.63, 3.8) is 0 Å². The summed E-state index contributed by atoms with van der Waals surface area (Å²) in [4.78, 5) is 22.4. The molecule has 1 aliphatic carbocycles. The summed E-state index contributed by atoms with van der Waals surface area (Å²) in [6.07, 6.45) is 6.13. The Hall–Kier alpha value is -2.43. The van der Waals surface area contributed by atoms with Crippen LogP contribution in [0.3, 0.4) is 0 Å². The van der Waals surface area contributed by atoms with Crippen LogP contribution in [0.4, 0.5) is 5.82 Å². The highest BCUT2D eigenvalue weighted by Crippen LogP contribution is 2.37. The topological polar surface area (TPSA) is 64.1 Å². The van der Waals surface area contributed by atoms with E-state index in [0.717, 1.165) is 78.1 Å². The van der Waals surface area contributed by atoms with E-state index in [9.17, 15) is 4.79 Å². The molecule has 0 saturated heterocycles. The molecule has 156 valence electrons. The summed E-state index contributed by atoms with van der Waals surface area (Å²) >= 11 is 0. The molecule has 0 bridgehead atoms. The molecular weight excluding hydrogens is 362 g/mol. The summed E-state index contributed by atoms with van der Waals surface area (Å²) in [6.45, 7) is 8.60. The largest absolute Gasteiger partial charge is 0.496 e. The van der Waals surface area contributed by atoms with Gasteiger partial charge in [-0.3, -0.25) is 4.79 Å². The maximum atomic E-state index is 12.3. The van der Waals surface area contributed by atoms with E-state index >= 15 is 0 Å². The molecule has 1 aromatic carbocycles. The van der Waals surface area contributed by atoms with Crippen molar-refractivity contribution in [3.05, 3.63) is 34.6 Å². The minimum atomic E-state index is 0.205. The lowest BCUT2D eigenvalue weighted by Gasteiger charge is -2.22. The summed E-state index contributed by atoms with van der Waals surface area (Å²) in [6, 6.07) is 4.39. The van der Waals surface area contributed by atoms with Crippen molar-refractivity contribution in [1.29, 1.82) is 0 Å². The molecule has 0 aliphatic heterocycles. The van der Waals surface area contributed by atoms with Gasteiger partial charge in [-0.1, -0.05) is 27.7 Å². The van der Waals surface area contributed by atoms with Gasteiger partial charge in [0.05, 0.1) is 24.2 Å². The van der Waals surface area contributed by atoms with Gasteiger partial charge in [0.25, 0.3) is 0 Å². The van der Waals surface area contributed by atoms with Gasteiger partial charge in [0.15, 0.2) is 5.78 Å². The highest BCUT2D eigenvalue weighted by atomic mass is 16.5. The fraction of sp³-hybridized carbons (Fsp3) is 0.542. The smallest absolute Gasteiger partial charge is 0.163 e. The third kappa shape index (κ3) is 4.29. The zero-order valence-corrected chi connectivity index (χ0v) is 18.4. The number of ketones is 1. The van der Waals surface area contributed by atoms with E-state index < -0.39 is 0 Å². The number of nitrogens with one attached hydrogen (secondary N) is 1. The molecule has 1 aromatic heterocycles. The van der Waals surface area contributed by atoms with Gasteiger partial charge in [-0.25, -0.2) is 9.97 Å². The van der Waals surface area contributed by atoms with E-state index in [1.54, 1.807) is 7.11 Å². The number of benzene rings is 1. The summed E-state index contributed by atoms with van der Waals surface area (Å²) in [5, 5.41) is 3.59. The summed E-state index contributed by atoms with van der Waals surface area (Å²) in [5.41, 5.74) is 5.63. The molecule has 0 radical (unpaired) electrons. The van der Waals surface area contributed by atoms with Crippen molar-refractivity contribution in [2.45, 2.75) is 78.7 Å². The molecular formula is C24H33N3O2. The minimum absolute atomic E-state index is 0.205. The first kappa shape index (κ1) is 21.3. The Morgan fingerprint density at radius 1 is 1.00 bits per heavy atom. The first-order valence-corrected chi connectivity index (χ1v) is 11.0. The van der Waals surface area contributed by atoms with Gasteiger partial charge in [0.2, 0.25) is 0 Å². The summed E-state index contributed by atoms with van der Waals surface area (Å²) in [7, 11) is 1.65. The average Bonchev–Trinajstić information content (AvgIpc) is 2.76. The predicted octanol–water partition coefficient (Wildman–Crippen LogP) is 5.40. The molecule has 1 N–H and O–H groups in total. The molecule has 29 heavy (non-hydrogen) atoms. The molecule has 0 saturated carbocycles. The van der Waals surface area contributed by atoms with Gasteiger partial charge >= 0.3 is 0 Å². The van der Waals surface area contributed by atoms with E-state index in [2.05, 4.69) is 39.1 Å². The number of nitrogens with zero attached hydrogens (tertiary/aromatic N) is 2. The third-order valence-electron chi connectivity index (χ3n) is 5.87. The molecule has 0 atom stereocenters. The van der Waals surface area contributed by atoms with Crippen molar-refractivity contribution in [2.24, 2.45) is 0 Å². The minimum Gasteiger partial charge on any atom is -0.496 e. The first-order chi connectivity index (χ1) is 14.1. The molecule has 5 nitrogen and oxygen atoms in total. The van der Waals surface area contributed by atoms with Crippen LogP contribution in [-0.2, 0) is 19.3 Å². The number of Topliss-reactive ketones (excluding diaryl/α,β-unsaturated/α-hetero) is 1. The Morgan fingerprint density at radius 2 is 1.72 bits per heavy atom. The van der Waals surface area contributed by atoms with Crippen molar-refractivity contribution in [3.8, 4) is 17.0 Å². The molecule has 3 rings (SSSR count). The Kier molecular flexibility index (Phi) is 6.88. The monoisotopic (exact) mass is 395 g/mol. The average molecular weight is 396 g/mol. The molecule has 0 amide bonds. The van der Waals surface area contributed by atoms with Gasteiger partial charge in [-0.15, -0.1) is 0 Å². The zero-order valence-electron chi connectivity index (χ0n) is 18.4. The van der Waals surface area contributed by atoms with Crippen LogP contribution < -0.4 is 10.1 Å². The number of methoxy groups -OCH3 is 1. The van der Waals surface area contributed by atoms with Gasteiger partial charge < -0.3 is 10.1 Å². The van der Waals surface area contributed by atoms with Crippen molar-refractivity contribution >= 4 is 11.6 Å². The number of aromatic nitrogens is 2. The van der Waals surface area contributed by atoms with Crippen LogP contribution in [0.25, 0.3) is 11.3 Å². The van der Waals surface area contributed by atoms with Crippen molar-refractivity contribution < 1.29 is 9.53 Å². The van der Waals surface area contributed by atoms with Gasteiger partial charge in [0.1, 0.15) is 11.6 Å². The number of hydrogen-bond donors (Lipinski definition) is 1. The predicted molar refractivity (Wildman–Crippen MR) is 118 cm³/mol. The number of hydrogen-bond acceptors (Lipinski definition) is 5. The third-order valence-corrected chi connectivity index (χ3v) is 5.87. The number of rotatable bonds is 8. The number of carbonyl (C=O) groups is 1. The van der Waals surface area contributed by atoms with Gasteiger partial charge in [-0.2, -0.15) is 0 Å². The number of aryl methyl sites for hydroxylation is 3. The standard InChI is InChI=1S/C24H33N3O2/c1-6-16(7-2)25-24-20(9-4)26-23(19(8-3)27-24)18-13-15-11-10-12-21(28)17(15)14-22(18)29-5/h13-14,16H,6-12H2,1-5H3,(H,25,27). The van der Waals surface area contributed by atoms with Crippen LogP contribution in [0.1, 0.15) is 80.7 Å². The Bertz CT molecular complexity index is 888. The zero-order chi connectivity index (χ0) is 21.0. The number of anilines is 1. The molecule has 1 aliphatic rings. The fourth-order valence-corrected chi connectivity index (χ4v) is 4.03. The summed E-state index contributed by atoms with van der Waals surface area (Å²) in [5.74, 6) is 1.80. The van der Waals surface area contributed by atoms with E-state index in [0.29, 0.717) is 18.2 Å². The second-order valence-electron chi connectivity index (χ2n) is 7.67. The van der Waals surface area contributed by atoms with Crippen LogP contribution in [0, 0.1) is 0 Å². The molecule has 0 fully saturated rings. The van der Waals surface area contributed by atoms with E-state index in [1.807, 2.05) is 6.07 Å². The van der Waals surface area contributed by atoms with Crippen LogP contribution in [-0.4, -0.2) is 28.9 Å². The second-order valence-corrected chi connectivity index (χ2v) is 7.67. The lowest BCUT2D eigenvalue weighted by molar-refractivity contribution is 0.0972. The Morgan fingerprint density at radius 3 is 2.34 bits per heavy atom. The normalized spacial score (nSPS) is 13.5. The molecule has 0 unspecified atom stereocenters. The van der Waals surface area contributed by atoms with Crippen LogP contribution in [0.2, 0.25) is 0 Å². The van der Waals surface area contributed by atoms with Gasteiger partial charge in [-0.05, 0) is 56.2 Å². The lowest BCUT2D eigenvalue weighted by atomic mass is 9.88. The van der Waals surface area contributed by atoms with E-state index in [1.165, 1.54) is 0 Å². The Labute approximate surface area is 174 Å². The summed E-state index contributed by atoms with van der Waals surface area (Å²) < 4.78 is 5.68. The second kappa shape index (κ2) is 9.38. The van der Waals surface area contributed by atoms with Crippen molar-refractivity contribution in [2.75, 3.05) is 12.4 Å². The van der Waals surface area contributed by atoms with E-state index in [4.69, 9.17) is 14.7 Å². The maximum Gasteiger partial charge on any atom is 0.163 e. The van der Waals surface area contributed by atoms with Crippen LogP contribution in [0.15, 0.2) is 12.1 Å². The first-order valence-electron chi connectivity index (χ1n) is 11.0. The number of ether oxygens (including phenoxy) is 1. The van der Waals surface area contributed by atoms with Gasteiger partial charge in [0, 0.05) is 23.6 Å². The SMILES string of the molecule is CCc1nc(-c2cc3c(cc2OC)C(=O)CCC3)c(CC)nc1NC(CC)CC. The van der Waals surface area contributed by atoms with Crippen molar-refractivity contribution in [1.82, 2.24) is 9.97 Å². The highest BCUT2D eigenvalue weighted by Gasteiger charge is 2.23.